The van der Waals surface area contributed by atoms with Crippen LogP contribution in [0.2, 0.25) is 0 Å². The average molecular weight is 253 g/mol. The first-order valence-corrected chi connectivity index (χ1v) is 6.32. The first kappa shape index (κ1) is 12.1. The van der Waals surface area contributed by atoms with Gasteiger partial charge in [-0.15, -0.1) is 11.3 Å². The topological polar surface area (TPSA) is 46.6 Å². The summed E-state index contributed by atoms with van der Waals surface area (Å²) in [6.45, 7) is 6.01. The minimum atomic E-state index is -0.533. The molecule has 0 saturated carbocycles. The summed E-state index contributed by atoms with van der Waals surface area (Å²) in [7, 11) is 0. The van der Waals surface area contributed by atoms with E-state index in [4.69, 9.17) is 4.74 Å². The number of fused-ring (bicyclic) bond motifs is 1. The predicted octanol–water partition coefficient (Wildman–Crippen LogP) is 2.68. The molecule has 1 aliphatic heterocycles. The van der Waals surface area contributed by atoms with Crippen molar-refractivity contribution in [3.05, 3.63) is 21.9 Å². The van der Waals surface area contributed by atoms with Crippen molar-refractivity contribution < 1.29 is 14.3 Å². The fourth-order valence-corrected chi connectivity index (χ4v) is 2.52. The normalized spacial score (nSPS) is 15.7. The van der Waals surface area contributed by atoms with Crippen LogP contribution in [0.3, 0.4) is 0 Å². The van der Waals surface area contributed by atoms with Gasteiger partial charge in [-0.05, 0) is 37.8 Å². The minimum Gasteiger partial charge on any atom is -0.444 e. The van der Waals surface area contributed by atoms with Crippen molar-refractivity contribution in [1.82, 2.24) is 4.90 Å². The number of hydrogen-bond donors (Lipinski definition) is 0. The Morgan fingerprint density at radius 3 is 2.76 bits per heavy atom. The van der Waals surface area contributed by atoms with Crippen molar-refractivity contribution >= 4 is 23.2 Å². The fraction of sp³-hybridized carbons (Fsp3) is 0.500. The molecule has 0 bridgehead atoms. The second-order valence-electron chi connectivity index (χ2n) is 5.03. The van der Waals surface area contributed by atoms with E-state index >= 15 is 0 Å². The third-order valence-electron chi connectivity index (χ3n) is 2.35. The lowest BCUT2D eigenvalue weighted by atomic mass is 10.1. The van der Waals surface area contributed by atoms with E-state index in [1.807, 2.05) is 32.2 Å². The molecule has 0 radical (unpaired) electrons. The average Bonchev–Trinajstić information content (AvgIpc) is 2.63. The molecule has 4 nitrogen and oxygen atoms in total. The summed E-state index contributed by atoms with van der Waals surface area (Å²) in [6, 6.07) is 1.88. The molecule has 0 fully saturated rings. The van der Waals surface area contributed by atoms with Crippen LogP contribution in [0.4, 0.5) is 4.79 Å². The van der Waals surface area contributed by atoms with Crippen molar-refractivity contribution in [2.45, 2.75) is 32.9 Å². The lowest BCUT2D eigenvalue weighted by molar-refractivity contribution is 0.0221. The van der Waals surface area contributed by atoms with E-state index in [0.717, 1.165) is 10.4 Å². The zero-order valence-electron chi connectivity index (χ0n) is 10.1. The van der Waals surface area contributed by atoms with Crippen LogP contribution < -0.4 is 0 Å². The molecule has 0 aliphatic carbocycles. The summed E-state index contributed by atoms with van der Waals surface area (Å²) in [5.74, 6) is -0.00731. The maximum atomic E-state index is 11.8. The Kier molecular flexibility index (Phi) is 2.95. The van der Waals surface area contributed by atoms with Gasteiger partial charge in [-0.1, -0.05) is 0 Å². The van der Waals surface area contributed by atoms with Crippen LogP contribution in [0.5, 0.6) is 0 Å². The molecule has 0 saturated heterocycles. The van der Waals surface area contributed by atoms with Gasteiger partial charge < -0.3 is 4.74 Å². The Balaban J connectivity index is 2.12. The molecule has 0 atom stereocenters. The van der Waals surface area contributed by atoms with Gasteiger partial charge in [-0.25, -0.2) is 4.79 Å². The second kappa shape index (κ2) is 4.14. The van der Waals surface area contributed by atoms with E-state index in [0.29, 0.717) is 6.54 Å². The van der Waals surface area contributed by atoms with E-state index in [9.17, 15) is 9.59 Å². The molecule has 1 amide bonds. The molecule has 1 aromatic heterocycles. The van der Waals surface area contributed by atoms with E-state index in [2.05, 4.69) is 0 Å². The summed E-state index contributed by atoms with van der Waals surface area (Å²) in [4.78, 5) is 25.8. The highest BCUT2D eigenvalue weighted by Crippen LogP contribution is 2.25. The zero-order valence-corrected chi connectivity index (χ0v) is 11.0. The van der Waals surface area contributed by atoms with Crippen molar-refractivity contribution in [2.24, 2.45) is 0 Å². The number of nitrogens with zero attached hydrogens (tertiary/aromatic N) is 1. The van der Waals surface area contributed by atoms with Gasteiger partial charge >= 0.3 is 6.09 Å². The lowest BCUT2D eigenvalue weighted by Gasteiger charge is -2.29. The summed E-state index contributed by atoms with van der Waals surface area (Å²) < 4.78 is 5.26. The maximum absolute atomic E-state index is 11.8. The summed E-state index contributed by atoms with van der Waals surface area (Å²) in [6.07, 6.45) is -0.428. The first-order valence-electron chi connectivity index (χ1n) is 5.44. The van der Waals surface area contributed by atoms with Crippen LogP contribution in [0, 0.1) is 0 Å². The summed E-state index contributed by atoms with van der Waals surface area (Å²) in [5, 5.41) is 1.88. The van der Waals surface area contributed by atoms with Gasteiger partial charge in [-0.3, -0.25) is 9.69 Å². The number of thiophene rings is 1. The Morgan fingerprint density at radius 1 is 1.41 bits per heavy atom. The Hall–Kier alpha value is -1.36. The second-order valence-corrected chi connectivity index (χ2v) is 5.95. The number of ether oxygens (including phenoxy) is 1. The number of rotatable bonds is 0. The van der Waals surface area contributed by atoms with Crippen LogP contribution in [0.1, 0.15) is 36.0 Å². The molecule has 17 heavy (non-hydrogen) atoms. The molecule has 1 aliphatic rings. The molecule has 5 heteroatoms. The van der Waals surface area contributed by atoms with Gasteiger partial charge in [-0.2, -0.15) is 0 Å². The van der Waals surface area contributed by atoms with Crippen LogP contribution in [0.15, 0.2) is 11.4 Å². The summed E-state index contributed by atoms with van der Waals surface area (Å²) in [5.41, 5.74) is 0.381. The van der Waals surface area contributed by atoms with E-state index in [1.165, 1.54) is 16.2 Å². The Morgan fingerprint density at radius 2 is 2.12 bits per heavy atom. The maximum Gasteiger partial charge on any atom is 0.411 e. The third-order valence-corrected chi connectivity index (χ3v) is 3.35. The first-order chi connectivity index (χ1) is 7.87. The smallest absolute Gasteiger partial charge is 0.411 e. The van der Waals surface area contributed by atoms with Gasteiger partial charge in [0, 0.05) is 0 Å². The van der Waals surface area contributed by atoms with Gasteiger partial charge in [0.1, 0.15) is 5.60 Å². The molecular weight excluding hydrogens is 238 g/mol. The zero-order chi connectivity index (χ0) is 12.6. The van der Waals surface area contributed by atoms with Crippen LogP contribution in [-0.2, 0) is 11.3 Å². The number of hydrogen-bond acceptors (Lipinski definition) is 4. The highest BCUT2D eigenvalue weighted by molar-refractivity contribution is 7.12. The minimum absolute atomic E-state index is 0.00731. The van der Waals surface area contributed by atoms with E-state index < -0.39 is 11.7 Å². The molecule has 0 N–H and O–H groups in total. The number of ketones is 1. The quantitative estimate of drug-likeness (QED) is 0.714. The molecule has 92 valence electrons. The van der Waals surface area contributed by atoms with Crippen molar-refractivity contribution in [1.29, 1.82) is 0 Å². The monoisotopic (exact) mass is 253 g/mol. The van der Waals surface area contributed by atoms with Gasteiger partial charge in [0.25, 0.3) is 0 Å². The fourth-order valence-electron chi connectivity index (χ4n) is 1.67. The van der Waals surface area contributed by atoms with Gasteiger partial charge in [0.2, 0.25) is 0 Å². The van der Waals surface area contributed by atoms with Crippen LogP contribution in [-0.4, -0.2) is 28.9 Å². The SMILES string of the molecule is CC(C)(C)OC(=O)N1CC(=O)c2sccc2C1. The predicted molar refractivity (Wildman–Crippen MR) is 65.3 cm³/mol. The van der Waals surface area contributed by atoms with Crippen LogP contribution >= 0.6 is 11.3 Å². The molecule has 0 aromatic carbocycles. The summed E-state index contributed by atoms with van der Waals surface area (Å²) >= 11 is 1.43. The van der Waals surface area contributed by atoms with Crippen molar-refractivity contribution in [2.75, 3.05) is 6.54 Å². The number of carbonyl (C=O) groups excluding carboxylic acids is 2. The van der Waals surface area contributed by atoms with Gasteiger partial charge in [0.05, 0.1) is 18.0 Å². The molecule has 2 heterocycles. The number of carbonyl (C=O) groups is 2. The largest absolute Gasteiger partial charge is 0.444 e. The Labute approximate surface area is 104 Å². The van der Waals surface area contributed by atoms with Crippen molar-refractivity contribution in [3.63, 3.8) is 0 Å². The lowest BCUT2D eigenvalue weighted by Crippen LogP contribution is -2.41. The standard InChI is InChI=1S/C12H15NO3S/c1-12(2,3)16-11(15)13-6-8-4-5-17-10(8)9(14)7-13/h4-5H,6-7H2,1-3H3. The Bertz CT molecular complexity index is 459. The third kappa shape index (κ3) is 2.66. The molecule has 2 rings (SSSR count). The molecule has 0 spiro atoms. The van der Waals surface area contributed by atoms with E-state index in [-0.39, 0.29) is 12.3 Å². The highest BCUT2D eigenvalue weighted by atomic mass is 32.1. The molecule has 0 unspecified atom stereocenters. The van der Waals surface area contributed by atoms with Crippen molar-refractivity contribution in [3.8, 4) is 0 Å². The van der Waals surface area contributed by atoms with Gasteiger partial charge in [0.15, 0.2) is 5.78 Å². The van der Waals surface area contributed by atoms with Crippen LogP contribution in [0.25, 0.3) is 0 Å². The number of amides is 1. The molecular formula is C12H15NO3S. The van der Waals surface area contributed by atoms with E-state index in [1.54, 1.807) is 0 Å². The highest BCUT2D eigenvalue weighted by Gasteiger charge is 2.30. The number of Topliss-reactive ketones (excluding diaryl/α,β-unsaturated/α-hetero) is 1. The molecule has 1 aromatic rings.